The number of rotatable bonds is 4. The maximum absolute atomic E-state index is 11.8. The lowest BCUT2D eigenvalue weighted by Gasteiger charge is -1.96. The number of fused-ring (bicyclic) bond motifs is 1. The smallest absolute Gasteiger partial charge is 0.205 e. The quantitative estimate of drug-likeness (QED) is 0.433. The van der Waals surface area contributed by atoms with Gasteiger partial charge in [0.25, 0.3) is 0 Å². The Kier molecular flexibility index (Phi) is 2.78. The molecule has 0 bridgehead atoms. The number of ketones is 3. The Morgan fingerprint density at radius 2 is 2.06 bits per heavy atom. The van der Waals surface area contributed by atoms with E-state index in [0.29, 0.717) is 11.1 Å². The summed E-state index contributed by atoms with van der Waals surface area (Å²) in [5.41, 5.74) is 0.821. The topological polar surface area (TPSA) is 81.4 Å². The second-order valence-corrected chi connectivity index (χ2v) is 3.54. The van der Waals surface area contributed by atoms with Crippen molar-refractivity contribution in [3.63, 3.8) is 0 Å². The Morgan fingerprint density at radius 3 is 2.76 bits per heavy atom. The maximum Gasteiger partial charge on any atom is 0.205 e. The zero-order valence-corrected chi connectivity index (χ0v) is 9.08. The summed E-state index contributed by atoms with van der Waals surface area (Å²) in [4.78, 5) is 37.6. The second-order valence-electron chi connectivity index (χ2n) is 3.54. The number of aromatic nitrogens is 3. The summed E-state index contributed by atoms with van der Waals surface area (Å²) in [6, 6.07) is 0. The standard InChI is InChI=1S/C11H9N3O3/c1-7(15)10(16)4-11(17)8-5-13-14-3-2-12-6-9(8)14/h2-3,5-6H,4H2,1H3. The highest BCUT2D eigenvalue weighted by Gasteiger charge is 2.18. The molecular formula is C11H9N3O3. The molecular weight excluding hydrogens is 222 g/mol. The minimum atomic E-state index is -0.696. The minimum absolute atomic E-state index is 0.299. The van der Waals surface area contributed by atoms with Crippen LogP contribution in [0.5, 0.6) is 0 Å². The van der Waals surface area contributed by atoms with Crippen LogP contribution in [0.3, 0.4) is 0 Å². The Bertz CT molecular complexity index is 615. The fourth-order valence-corrected chi connectivity index (χ4v) is 1.41. The number of carbonyl (C=O) groups is 3. The molecule has 0 radical (unpaired) electrons. The summed E-state index contributed by atoms with van der Waals surface area (Å²) in [6.07, 6.45) is 5.56. The van der Waals surface area contributed by atoms with Gasteiger partial charge in [-0.15, -0.1) is 0 Å². The van der Waals surface area contributed by atoms with Crippen LogP contribution in [0.2, 0.25) is 0 Å². The molecule has 6 nitrogen and oxygen atoms in total. The van der Waals surface area contributed by atoms with Crippen LogP contribution in [-0.4, -0.2) is 31.9 Å². The Balaban J connectivity index is 2.31. The van der Waals surface area contributed by atoms with Gasteiger partial charge in [0.15, 0.2) is 11.6 Å². The Hall–Kier alpha value is -2.37. The minimum Gasteiger partial charge on any atom is -0.294 e. The zero-order chi connectivity index (χ0) is 12.4. The molecule has 0 saturated carbocycles. The predicted molar refractivity (Wildman–Crippen MR) is 57.6 cm³/mol. The largest absolute Gasteiger partial charge is 0.294 e. The van der Waals surface area contributed by atoms with Crippen molar-refractivity contribution in [3.05, 3.63) is 30.4 Å². The first-order valence-electron chi connectivity index (χ1n) is 4.94. The summed E-state index contributed by atoms with van der Waals surface area (Å²) >= 11 is 0. The normalized spacial score (nSPS) is 10.4. The van der Waals surface area contributed by atoms with E-state index in [9.17, 15) is 14.4 Å². The highest BCUT2D eigenvalue weighted by atomic mass is 16.2. The number of hydrogen-bond acceptors (Lipinski definition) is 5. The van der Waals surface area contributed by atoms with Gasteiger partial charge >= 0.3 is 0 Å². The van der Waals surface area contributed by atoms with Crippen molar-refractivity contribution in [1.82, 2.24) is 14.6 Å². The third kappa shape index (κ3) is 2.10. The molecule has 0 amide bonds. The molecule has 0 saturated heterocycles. The van der Waals surface area contributed by atoms with Gasteiger partial charge < -0.3 is 0 Å². The highest BCUT2D eigenvalue weighted by Crippen LogP contribution is 2.11. The monoisotopic (exact) mass is 231 g/mol. The van der Waals surface area contributed by atoms with Crippen LogP contribution in [0.25, 0.3) is 5.52 Å². The molecule has 0 fully saturated rings. The van der Waals surface area contributed by atoms with Gasteiger partial charge in [-0.05, 0) is 0 Å². The molecule has 0 aliphatic rings. The molecule has 0 atom stereocenters. The van der Waals surface area contributed by atoms with Crippen LogP contribution in [0.4, 0.5) is 0 Å². The van der Waals surface area contributed by atoms with Crippen molar-refractivity contribution in [2.24, 2.45) is 0 Å². The molecule has 0 spiro atoms. The molecule has 0 aromatic carbocycles. The van der Waals surface area contributed by atoms with Gasteiger partial charge in [0.1, 0.15) is 0 Å². The van der Waals surface area contributed by atoms with Crippen LogP contribution in [0.15, 0.2) is 24.8 Å². The summed E-state index contributed by atoms with van der Waals surface area (Å²) < 4.78 is 1.48. The van der Waals surface area contributed by atoms with Crippen LogP contribution >= 0.6 is 0 Å². The molecule has 86 valence electrons. The number of nitrogens with zero attached hydrogens (tertiary/aromatic N) is 3. The molecule has 0 N–H and O–H groups in total. The lowest BCUT2D eigenvalue weighted by Crippen LogP contribution is -2.14. The van der Waals surface area contributed by atoms with Gasteiger partial charge in [-0.25, -0.2) is 4.52 Å². The van der Waals surface area contributed by atoms with Crippen LogP contribution in [0, 0.1) is 0 Å². The molecule has 0 aliphatic heterocycles. The molecule has 0 aliphatic carbocycles. The van der Waals surface area contributed by atoms with E-state index in [-0.39, 0.29) is 0 Å². The Morgan fingerprint density at radius 1 is 1.29 bits per heavy atom. The molecule has 2 rings (SSSR count). The molecule has 2 heterocycles. The van der Waals surface area contributed by atoms with E-state index in [1.165, 1.54) is 23.1 Å². The highest BCUT2D eigenvalue weighted by molar-refractivity contribution is 6.40. The maximum atomic E-state index is 11.8. The second kappa shape index (κ2) is 4.25. The average molecular weight is 231 g/mol. The Labute approximate surface area is 96.3 Å². The molecule has 6 heteroatoms. The SMILES string of the molecule is CC(=O)C(=O)CC(=O)c1cnn2ccncc12. The van der Waals surface area contributed by atoms with Crippen molar-refractivity contribution < 1.29 is 14.4 Å². The van der Waals surface area contributed by atoms with Gasteiger partial charge in [-0.2, -0.15) is 5.10 Å². The van der Waals surface area contributed by atoms with Gasteiger partial charge in [-0.1, -0.05) is 0 Å². The predicted octanol–water partition coefficient (Wildman–Crippen LogP) is 0.460. The van der Waals surface area contributed by atoms with E-state index < -0.39 is 23.8 Å². The van der Waals surface area contributed by atoms with Crippen molar-refractivity contribution in [1.29, 1.82) is 0 Å². The van der Waals surface area contributed by atoms with Crippen molar-refractivity contribution in [2.75, 3.05) is 0 Å². The summed E-state index contributed by atoms with van der Waals surface area (Å²) in [5.74, 6) is -1.74. The van der Waals surface area contributed by atoms with E-state index in [2.05, 4.69) is 10.1 Å². The summed E-state index contributed by atoms with van der Waals surface area (Å²) in [5, 5.41) is 3.95. The molecule has 17 heavy (non-hydrogen) atoms. The first-order chi connectivity index (χ1) is 8.09. The van der Waals surface area contributed by atoms with E-state index >= 15 is 0 Å². The van der Waals surface area contributed by atoms with E-state index in [1.54, 1.807) is 6.20 Å². The van der Waals surface area contributed by atoms with Crippen molar-refractivity contribution in [3.8, 4) is 0 Å². The van der Waals surface area contributed by atoms with Crippen molar-refractivity contribution >= 4 is 22.9 Å². The third-order valence-corrected chi connectivity index (χ3v) is 2.34. The molecule has 2 aromatic heterocycles. The van der Waals surface area contributed by atoms with E-state index in [0.717, 1.165) is 6.92 Å². The summed E-state index contributed by atoms with van der Waals surface area (Å²) in [6.45, 7) is 1.15. The van der Waals surface area contributed by atoms with E-state index in [4.69, 9.17) is 0 Å². The van der Waals surface area contributed by atoms with Crippen LogP contribution < -0.4 is 0 Å². The number of Topliss-reactive ketones (excluding diaryl/α,β-unsaturated/α-hetero) is 3. The first kappa shape index (κ1) is 11.1. The van der Waals surface area contributed by atoms with E-state index in [1.807, 2.05) is 0 Å². The van der Waals surface area contributed by atoms with Gasteiger partial charge in [-0.3, -0.25) is 19.4 Å². The van der Waals surface area contributed by atoms with Gasteiger partial charge in [0.2, 0.25) is 5.78 Å². The lowest BCUT2D eigenvalue weighted by atomic mass is 10.1. The molecule has 0 unspecified atom stereocenters. The van der Waals surface area contributed by atoms with Gasteiger partial charge in [0, 0.05) is 19.3 Å². The zero-order valence-electron chi connectivity index (χ0n) is 9.08. The number of carbonyl (C=O) groups excluding carboxylic acids is 3. The lowest BCUT2D eigenvalue weighted by molar-refractivity contribution is -0.134. The van der Waals surface area contributed by atoms with Crippen molar-refractivity contribution in [2.45, 2.75) is 13.3 Å². The van der Waals surface area contributed by atoms with Gasteiger partial charge in [0.05, 0.1) is 29.9 Å². The van der Waals surface area contributed by atoms with Crippen LogP contribution in [0.1, 0.15) is 23.7 Å². The van der Waals surface area contributed by atoms with Crippen LogP contribution in [-0.2, 0) is 9.59 Å². The third-order valence-electron chi connectivity index (χ3n) is 2.34. The molecule has 2 aromatic rings. The fourth-order valence-electron chi connectivity index (χ4n) is 1.41. The summed E-state index contributed by atoms with van der Waals surface area (Å²) in [7, 11) is 0. The first-order valence-corrected chi connectivity index (χ1v) is 4.94. The fraction of sp³-hybridized carbons (Fsp3) is 0.182. The average Bonchev–Trinajstić information content (AvgIpc) is 2.72. The number of hydrogen-bond donors (Lipinski definition) is 0.